The van der Waals surface area contributed by atoms with E-state index in [0.29, 0.717) is 25.8 Å². The first-order valence-electron chi connectivity index (χ1n) is 15.7. The molecular weight excluding hydrogens is 584 g/mol. The van der Waals surface area contributed by atoms with Crippen LogP contribution in [0.4, 0.5) is 4.79 Å². The molecule has 12 nitrogen and oxygen atoms in total. The molecule has 44 heavy (non-hydrogen) atoms. The Hall–Kier alpha value is -2.80. The summed E-state index contributed by atoms with van der Waals surface area (Å²) in [6.07, 6.45) is 6.64. The maximum atomic E-state index is 14.1. The van der Waals surface area contributed by atoms with Crippen molar-refractivity contribution < 1.29 is 28.2 Å². The molecule has 0 saturated carbocycles. The van der Waals surface area contributed by atoms with Gasteiger partial charge in [0, 0.05) is 31.9 Å². The van der Waals surface area contributed by atoms with Crippen molar-refractivity contribution in [1.29, 1.82) is 0 Å². The van der Waals surface area contributed by atoms with Gasteiger partial charge in [-0.3, -0.25) is 19.2 Å². The second-order valence-electron chi connectivity index (χ2n) is 12.3. The van der Waals surface area contributed by atoms with Gasteiger partial charge in [-0.25, -0.2) is 13.3 Å². The molecule has 0 aliphatic rings. The smallest absolute Gasteiger partial charge is 0.315 e. The number of urea groups is 1. The fraction of sp³-hybridized carbons (Fsp3) is 0.774. The lowest BCUT2D eigenvalue weighted by Gasteiger charge is -2.38. The number of Topliss-reactive ketones (excluding diaryl/α,β-unsaturated/α-hetero) is 1. The summed E-state index contributed by atoms with van der Waals surface area (Å²) >= 11 is 0. The van der Waals surface area contributed by atoms with Crippen LogP contribution in [-0.4, -0.2) is 101 Å². The van der Waals surface area contributed by atoms with E-state index in [1.165, 1.54) is 11.0 Å². The number of hydrogen-bond donors (Lipinski definition) is 4. The molecule has 0 aliphatic heterocycles. The van der Waals surface area contributed by atoms with E-state index < -0.39 is 58.0 Å². The van der Waals surface area contributed by atoms with E-state index in [4.69, 9.17) is 0 Å². The summed E-state index contributed by atoms with van der Waals surface area (Å²) in [5.41, 5.74) is -0.650. The third-order valence-electron chi connectivity index (χ3n) is 7.50. The maximum absolute atomic E-state index is 14.1. The van der Waals surface area contributed by atoms with Crippen molar-refractivity contribution in [3.8, 4) is 0 Å². The molecule has 254 valence electrons. The van der Waals surface area contributed by atoms with Gasteiger partial charge in [0.1, 0.15) is 6.04 Å². The number of rotatable bonds is 22. The molecule has 5 amide bonds. The molecule has 4 N–H and O–H groups in total. The highest BCUT2D eigenvalue weighted by Crippen LogP contribution is 2.28. The summed E-state index contributed by atoms with van der Waals surface area (Å²) in [7, 11) is 0.503. The number of carbonyl (C=O) groups excluding carboxylic acids is 5. The number of ketones is 1. The monoisotopic (exact) mass is 642 g/mol. The summed E-state index contributed by atoms with van der Waals surface area (Å²) in [4.78, 5) is 67.0. The van der Waals surface area contributed by atoms with Crippen molar-refractivity contribution in [2.75, 3.05) is 39.5 Å². The van der Waals surface area contributed by atoms with Crippen molar-refractivity contribution in [1.82, 2.24) is 30.5 Å². The Balaban J connectivity index is 6.07. The zero-order valence-corrected chi connectivity index (χ0v) is 29.2. The number of nitrogens with one attached hydrogen (secondary N) is 4. The highest BCUT2D eigenvalue weighted by atomic mass is 32.2. The highest BCUT2D eigenvalue weighted by Gasteiger charge is 2.39. The van der Waals surface area contributed by atoms with Crippen LogP contribution in [0.15, 0.2) is 12.7 Å². The Labute approximate surface area is 267 Å². The van der Waals surface area contributed by atoms with E-state index >= 15 is 0 Å². The van der Waals surface area contributed by atoms with Gasteiger partial charge in [0.2, 0.25) is 17.6 Å². The number of nitrogens with zero attached hydrogens (tertiary/aromatic N) is 2. The van der Waals surface area contributed by atoms with Crippen molar-refractivity contribution in [3.63, 3.8) is 0 Å². The lowest BCUT2D eigenvalue weighted by Crippen LogP contribution is -2.60. The number of likely N-dealkylation sites (N-methyl/N-ethyl adjacent to an activating group) is 1. The predicted molar refractivity (Wildman–Crippen MR) is 176 cm³/mol. The van der Waals surface area contributed by atoms with Crippen molar-refractivity contribution in [2.45, 2.75) is 105 Å². The summed E-state index contributed by atoms with van der Waals surface area (Å²) in [6, 6.07) is -2.83. The van der Waals surface area contributed by atoms with Gasteiger partial charge in [0.15, 0.2) is 0 Å². The molecule has 0 radical (unpaired) electrons. The molecule has 13 heteroatoms. The molecule has 0 aromatic rings. The van der Waals surface area contributed by atoms with E-state index in [9.17, 15) is 28.2 Å². The predicted octanol–water partition coefficient (Wildman–Crippen LogP) is 2.52. The zero-order chi connectivity index (χ0) is 34.0. The third kappa shape index (κ3) is 14.8. The van der Waals surface area contributed by atoms with Crippen molar-refractivity contribution in [2.24, 2.45) is 11.3 Å². The van der Waals surface area contributed by atoms with Crippen LogP contribution >= 0.6 is 0 Å². The van der Waals surface area contributed by atoms with Crippen LogP contribution in [-0.2, 0) is 30.2 Å². The first kappa shape index (κ1) is 41.2. The molecule has 0 aromatic carbocycles. The molecule has 0 aliphatic carbocycles. The Bertz CT molecular complexity index is 989. The minimum Gasteiger partial charge on any atom is -0.346 e. The first-order valence-corrected chi connectivity index (χ1v) is 17.2. The molecule has 0 fully saturated rings. The zero-order valence-electron chi connectivity index (χ0n) is 28.4. The summed E-state index contributed by atoms with van der Waals surface area (Å²) < 4.78 is 13.5. The molecule has 0 bridgehead atoms. The van der Waals surface area contributed by atoms with Crippen LogP contribution in [0.5, 0.6) is 0 Å². The van der Waals surface area contributed by atoms with Crippen LogP contribution in [0.3, 0.4) is 0 Å². The van der Waals surface area contributed by atoms with Gasteiger partial charge in [-0.1, -0.05) is 73.8 Å². The molecule has 0 rings (SSSR count). The van der Waals surface area contributed by atoms with Crippen LogP contribution in [0.25, 0.3) is 0 Å². The average Bonchev–Trinajstić information content (AvgIpc) is 2.94. The Kier molecular flexibility index (Phi) is 19.7. The summed E-state index contributed by atoms with van der Waals surface area (Å²) in [6.45, 7) is 17.5. The highest BCUT2D eigenvalue weighted by molar-refractivity contribution is 7.81. The normalized spacial score (nSPS) is 14.2. The SMILES string of the molecule is C=CCNC(=O)C(=O)C(CCC)NC(=O)CN(CCCC)C(=O)C(NC(=O)NC(CN(C)S(C)=O)C(C)C)C(C)(C)CCC. The third-order valence-corrected chi connectivity index (χ3v) is 8.53. The first-order chi connectivity index (χ1) is 20.6. The largest absolute Gasteiger partial charge is 0.346 e. The number of hydrogen-bond acceptors (Lipinski definition) is 6. The van der Waals surface area contributed by atoms with Gasteiger partial charge in [0.05, 0.1) is 23.6 Å². The molecule has 0 spiro atoms. The van der Waals surface area contributed by atoms with Crippen LogP contribution in [0.2, 0.25) is 0 Å². The van der Waals surface area contributed by atoms with E-state index in [0.717, 1.165) is 12.8 Å². The van der Waals surface area contributed by atoms with Gasteiger partial charge in [0.25, 0.3) is 5.91 Å². The minimum absolute atomic E-state index is 0.0342. The molecule has 0 aromatic heterocycles. The fourth-order valence-electron chi connectivity index (χ4n) is 4.71. The van der Waals surface area contributed by atoms with Crippen LogP contribution < -0.4 is 21.3 Å². The Morgan fingerprint density at radius 3 is 2.11 bits per heavy atom. The molecule has 4 atom stereocenters. The minimum atomic E-state index is -1.21. The molecular formula is C31H58N6O6S. The van der Waals surface area contributed by atoms with Crippen LogP contribution in [0, 0.1) is 11.3 Å². The van der Waals surface area contributed by atoms with Gasteiger partial charge in [-0.05, 0) is 37.6 Å². The number of amides is 5. The quantitative estimate of drug-likeness (QED) is 0.105. The number of carbonyl (C=O) groups is 5. The number of unbranched alkanes of at least 4 members (excludes halogenated alkanes) is 1. The van der Waals surface area contributed by atoms with E-state index in [1.54, 1.807) is 17.6 Å². The van der Waals surface area contributed by atoms with Crippen molar-refractivity contribution >= 4 is 40.5 Å². The van der Waals surface area contributed by atoms with E-state index in [-0.39, 0.29) is 38.0 Å². The summed E-state index contributed by atoms with van der Waals surface area (Å²) in [5.74, 6) is -2.50. The van der Waals surface area contributed by atoms with E-state index in [2.05, 4.69) is 27.8 Å². The van der Waals surface area contributed by atoms with Gasteiger partial charge in [-0.2, -0.15) is 0 Å². The van der Waals surface area contributed by atoms with E-state index in [1.807, 2.05) is 48.5 Å². The summed E-state index contributed by atoms with van der Waals surface area (Å²) in [5, 5.41) is 10.9. The molecule has 0 heterocycles. The fourth-order valence-corrected chi connectivity index (χ4v) is 5.08. The standard InChI is InChI=1S/C31H58N6O6S/c1-11-15-19-37(21-25(38)33-23(16-12-2)26(39)28(40)32-18-14-4)29(41)27(31(7,8)17-13-3)35-30(42)34-24(22(5)6)20-36(9)44(10)43/h14,22-24,27H,4,11-13,15-21H2,1-3,5-10H3,(H,32,40)(H,33,38)(H2,34,35,42). The second kappa shape index (κ2) is 21.0. The topological polar surface area (TPSA) is 157 Å². The van der Waals surface area contributed by atoms with Gasteiger partial charge < -0.3 is 26.2 Å². The average molecular weight is 643 g/mol. The van der Waals surface area contributed by atoms with Gasteiger partial charge >= 0.3 is 6.03 Å². The molecule has 4 unspecified atom stereocenters. The van der Waals surface area contributed by atoms with Crippen LogP contribution in [0.1, 0.15) is 87.0 Å². The van der Waals surface area contributed by atoms with Crippen molar-refractivity contribution in [3.05, 3.63) is 12.7 Å². The Morgan fingerprint density at radius 1 is 0.977 bits per heavy atom. The molecule has 0 saturated heterocycles. The van der Waals surface area contributed by atoms with Gasteiger partial charge in [-0.15, -0.1) is 6.58 Å². The lowest BCUT2D eigenvalue weighted by atomic mass is 9.79. The maximum Gasteiger partial charge on any atom is 0.315 e. The Morgan fingerprint density at radius 2 is 1.61 bits per heavy atom. The lowest BCUT2D eigenvalue weighted by molar-refractivity contribution is -0.142. The second-order valence-corrected chi connectivity index (χ2v) is 13.7.